The second-order valence-electron chi connectivity index (χ2n) is 6.34. The van der Waals surface area contributed by atoms with Crippen LogP contribution in [0.1, 0.15) is 32.3 Å². The fourth-order valence-corrected chi connectivity index (χ4v) is 3.21. The normalized spacial score (nSPS) is 13.0. The third kappa shape index (κ3) is 3.04. The molecule has 0 unspecified atom stereocenters. The molecule has 0 aliphatic rings. The number of rotatable bonds is 5. The number of nitrogens with one attached hydrogen (secondary N) is 2. The third-order valence-electron chi connectivity index (χ3n) is 4.55. The van der Waals surface area contributed by atoms with Gasteiger partial charge in [0.15, 0.2) is 0 Å². The first kappa shape index (κ1) is 16.3. The van der Waals surface area contributed by atoms with Crippen LogP contribution in [0.2, 0.25) is 0 Å². The smallest absolute Gasteiger partial charge is 0.0738 e. The van der Waals surface area contributed by atoms with Crippen LogP contribution in [-0.4, -0.2) is 26.1 Å². The predicted molar refractivity (Wildman–Crippen MR) is 107 cm³/mol. The van der Waals surface area contributed by atoms with Crippen molar-refractivity contribution in [2.75, 3.05) is 0 Å². The van der Waals surface area contributed by atoms with Crippen LogP contribution in [0.25, 0.3) is 21.8 Å². The zero-order valence-corrected chi connectivity index (χ0v) is 15.0. The average molecular weight is 343 g/mol. The fraction of sp³-hybridized carbons (Fsp3) is 0.190. The number of allylic oxidation sites excluding steroid dienone is 2. The Morgan fingerprint density at radius 1 is 1.00 bits per heavy atom. The molecule has 4 aromatic rings. The lowest BCUT2D eigenvalue weighted by molar-refractivity contribution is 0.933. The zero-order chi connectivity index (χ0) is 17.9. The summed E-state index contributed by atoms with van der Waals surface area (Å²) in [5.41, 5.74) is 6.35. The van der Waals surface area contributed by atoms with Gasteiger partial charge in [0.1, 0.15) is 0 Å². The van der Waals surface area contributed by atoms with Gasteiger partial charge in [-0.15, -0.1) is 0 Å². The molecule has 0 amide bonds. The maximum atomic E-state index is 5.02. The number of aliphatic imine (C=N–C) groups is 1. The zero-order valence-electron chi connectivity index (χ0n) is 15.0. The number of hydrogen-bond acceptors (Lipinski definition) is 3. The average Bonchev–Trinajstić information content (AvgIpc) is 3.32. The van der Waals surface area contributed by atoms with Crippen molar-refractivity contribution < 1.29 is 0 Å². The van der Waals surface area contributed by atoms with E-state index in [-0.39, 0.29) is 0 Å². The molecule has 0 saturated heterocycles. The lowest BCUT2D eigenvalue weighted by Crippen LogP contribution is -2.05. The molecule has 26 heavy (non-hydrogen) atoms. The Kier molecular flexibility index (Phi) is 4.35. The van der Waals surface area contributed by atoms with Gasteiger partial charge in [0, 0.05) is 16.3 Å². The predicted octanol–water partition coefficient (Wildman–Crippen LogP) is 5.31. The lowest BCUT2D eigenvalue weighted by Gasteiger charge is -2.11. The Morgan fingerprint density at radius 3 is 2.38 bits per heavy atom. The SMILES string of the molecule is C/C=C(CCC)/C(=N\c1ccc2[nH]ncc2c1)c1ccc2[nH]ncc2c1. The van der Waals surface area contributed by atoms with Gasteiger partial charge < -0.3 is 0 Å². The van der Waals surface area contributed by atoms with Gasteiger partial charge in [-0.1, -0.05) is 25.5 Å². The third-order valence-corrected chi connectivity index (χ3v) is 4.55. The summed E-state index contributed by atoms with van der Waals surface area (Å²) < 4.78 is 0. The summed E-state index contributed by atoms with van der Waals surface area (Å²) in [6, 6.07) is 12.4. The van der Waals surface area contributed by atoms with Crippen LogP contribution >= 0.6 is 0 Å². The number of H-pyrrole nitrogens is 2. The van der Waals surface area contributed by atoms with Crippen molar-refractivity contribution in [2.24, 2.45) is 4.99 Å². The number of aromatic nitrogens is 4. The van der Waals surface area contributed by atoms with E-state index >= 15 is 0 Å². The van der Waals surface area contributed by atoms with Crippen molar-refractivity contribution in [1.82, 2.24) is 20.4 Å². The molecule has 0 aliphatic carbocycles. The van der Waals surface area contributed by atoms with E-state index in [4.69, 9.17) is 4.99 Å². The van der Waals surface area contributed by atoms with Gasteiger partial charge in [0.25, 0.3) is 0 Å². The van der Waals surface area contributed by atoms with Crippen LogP contribution in [-0.2, 0) is 0 Å². The minimum atomic E-state index is 0.927. The van der Waals surface area contributed by atoms with Crippen LogP contribution in [0.15, 0.2) is 65.4 Å². The summed E-state index contributed by atoms with van der Waals surface area (Å²) in [6.07, 6.45) is 7.91. The summed E-state index contributed by atoms with van der Waals surface area (Å²) in [6.45, 7) is 4.27. The molecule has 2 aromatic carbocycles. The van der Waals surface area contributed by atoms with Gasteiger partial charge >= 0.3 is 0 Å². The van der Waals surface area contributed by atoms with Crippen molar-refractivity contribution in [1.29, 1.82) is 0 Å². The van der Waals surface area contributed by atoms with Crippen LogP contribution < -0.4 is 0 Å². The summed E-state index contributed by atoms with van der Waals surface area (Å²) in [5.74, 6) is 0. The first-order valence-electron chi connectivity index (χ1n) is 8.89. The Hall–Kier alpha value is -3.21. The summed E-state index contributed by atoms with van der Waals surface area (Å²) in [4.78, 5) is 5.02. The number of benzene rings is 2. The van der Waals surface area contributed by atoms with Gasteiger partial charge in [-0.05, 0) is 49.2 Å². The molecule has 0 saturated carbocycles. The van der Waals surface area contributed by atoms with E-state index in [0.717, 1.165) is 51.6 Å². The molecule has 0 fully saturated rings. The van der Waals surface area contributed by atoms with Crippen molar-refractivity contribution in [3.63, 3.8) is 0 Å². The molecule has 2 aromatic heterocycles. The molecule has 0 spiro atoms. The summed E-state index contributed by atoms with van der Waals surface area (Å²) >= 11 is 0. The van der Waals surface area contributed by atoms with E-state index < -0.39 is 0 Å². The van der Waals surface area contributed by atoms with Crippen molar-refractivity contribution in [3.8, 4) is 0 Å². The minimum Gasteiger partial charge on any atom is -0.278 e. The molecule has 130 valence electrons. The molecule has 5 heteroatoms. The van der Waals surface area contributed by atoms with E-state index in [1.165, 1.54) is 5.57 Å². The highest BCUT2D eigenvalue weighted by molar-refractivity contribution is 6.15. The molecule has 4 rings (SSSR count). The summed E-state index contributed by atoms with van der Waals surface area (Å²) in [5, 5.41) is 16.4. The van der Waals surface area contributed by atoms with E-state index in [1.54, 1.807) is 0 Å². The first-order chi connectivity index (χ1) is 12.8. The fourth-order valence-electron chi connectivity index (χ4n) is 3.21. The maximum absolute atomic E-state index is 5.02. The van der Waals surface area contributed by atoms with E-state index in [9.17, 15) is 0 Å². The quantitative estimate of drug-likeness (QED) is 0.482. The maximum Gasteiger partial charge on any atom is 0.0738 e. The highest BCUT2D eigenvalue weighted by atomic mass is 15.1. The molecule has 2 heterocycles. The van der Waals surface area contributed by atoms with Crippen molar-refractivity contribution >= 4 is 33.2 Å². The monoisotopic (exact) mass is 343 g/mol. The molecule has 0 bridgehead atoms. The summed E-state index contributed by atoms with van der Waals surface area (Å²) in [7, 11) is 0. The topological polar surface area (TPSA) is 69.7 Å². The van der Waals surface area contributed by atoms with Gasteiger partial charge in [0.2, 0.25) is 0 Å². The molecular weight excluding hydrogens is 322 g/mol. The Labute approximate surface area is 151 Å². The molecular formula is C21H21N5. The highest BCUT2D eigenvalue weighted by Crippen LogP contribution is 2.25. The second kappa shape index (κ2) is 6.96. The molecule has 0 aliphatic heterocycles. The number of nitrogens with zero attached hydrogens (tertiary/aromatic N) is 3. The number of fused-ring (bicyclic) bond motifs is 2. The van der Waals surface area contributed by atoms with Crippen LogP contribution in [0.4, 0.5) is 5.69 Å². The van der Waals surface area contributed by atoms with E-state index in [1.807, 2.05) is 24.5 Å². The van der Waals surface area contributed by atoms with Crippen LogP contribution in [0.3, 0.4) is 0 Å². The Balaban J connectivity index is 1.85. The van der Waals surface area contributed by atoms with Gasteiger partial charge in [-0.2, -0.15) is 10.2 Å². The standard InChI is InChI=1S/C21H21N5/c1-3-5-14(4-2)21(15-6-8-19-16(10-15)12-22-25-19)24-18-7-9-20-17(11-18)13-23-26-20/h4,6-13H,3,5H2,1-2H3,(H,22,25)(H,23,26)/b14-4+,24-21+. The highest BCUT2D eigenvalue weighted by Gasteiger charge is 2.11. The largest absolute Gasteiger partial charge is 0.278 e. The molecule has 0 atom stereocenters. The molecule has 5 nitrogen and oxygen atoms in total. The second-order valence-corrected chi connectivity index (χ2v) is 6.34. The lowest BCUT2D eigenvalue weighted by atomic mass is 9.97. The Bertz CT molecular complexity index is 1110. The van der Waals surface area contributed by atoms with Gasteiger partial charge in [0.05, 0.1) is 34.8 Å². The van der Waals surface area contributed by atoms with Crippen LogP contribution in [0.5, 0.6) is 0 Å². The first-order valence-corrected chi connectivity index (χ1v) is 8.89. The van der Waals surface area contributed by atoms with Crippen LogP contribution in [0, 0.1) is 0 Å². The molecule has 2 N–H and O–H groups in total. The van der Waals surface area contributed by atoms with Crippen molar-refractivity contribution in [3.05, 3.63) is 66.0 Å². The van der Waals surface area contributed by atoms with E-state index in [2.05, 4.69) is 64.6 Å². The van der Waals surface area contributed by atoms with E-state index in [0.29, 0.717) is 0 Å². The van der Waals surface area contributed by atoms with Gasteiger partial charge in [-0.3, -0.25) is 10.2 Å². The number of hydrogen-bond donors (Lipinski definition) is 2. The Morgan fingerprint density at radius 2 is 1.69 bits per heavy atom. The number of aromatic amines is 2. The van der Waals surface area contributed by atoms with Gasteiger partial charge in [-0.25, -0.2) is 4.99 Å². The molecule has 0 radical (unpaired) electrons. The minimum absolute atomic E-state index is 0.927. The van der Waals surface area contributed by atoms with Crippen molar-refractivity contribution in [2.45, 2.75) is 26.7 Å².